The zero-order valence-electron chi connectivity index (χ0n) is 12.6. The normalized spacial score (nSPS) is 14.8. The van der Waals surface area contributed by atoms with Gasteiger partial charge >= 0.3 is 0 Å². The lowest BCUT2D eigenvalue weighted by Gasteiger charge is -2.15. The SMILES string of the molecule is O=C(NCc1ccccc1)C1(C(=O)Nc2ccc(O)cc2)CC1. The number of aromatic hydroxyl groups is 1. The maximum atomic E-state index is 12.4. The lowest BCUT2D eigenvalue weighted by atomic mass is 10.0. The van der Waals surface area contributed by atoms with Gasteiger partial charge in [0.15, 0.2) is 0 Å². The summed E-state index contributed by atoms with van der Waals surface area (Å²) in [5.41, 5.74) is 0.595. The number of amides is 2. The van der Waals surface area contributed by atoms with Crippen LogP contribution < -0.4 is 10.6 Å². The number of nitrogens with one attached hydrogen (secondary N) is 2. The summed E-state index contributed by atoms with van der Waals surface area (Å²) in [5, 5.41) is 14.8. The number of phenolic OH excluding ortho intramolecular Hbond substituents is 1. The molecule has 2 amide bonds. The number of carbonyl (C=O) groups excluding carboxylic acids is 2. The summed E-state index contributed by atoms with van der Waals surface area (Å²) in [6.07, 6.45) is 1.11. The summed E-state index contributed by atoms with van der Waals surface area (Å²) < 4.78 is 0. The molecule has 0 spiro atoms. The van der Waals surface area contributed by atoms with Crippen LogP contribution in [-0.2, 0) is 16.1 Å². The number of rotatable bonds is 5. The maximum absolute atomic E-state index is 12.4. The van der Waals surface area contributed by atoms with Gasteiger partial charge in [-0.1, -0.05) is 30.3 Å². The predicted molar refractivity (Wildman–Crippen MR) is 86.7 cm³/mol. The van der Waals surface area contributed by atoms with E-state index in [2.05, 4.69) is 10.6 Å². The van der Waals surface area contributed by atoms with Crippen molar-refractivity contribution in [3.63, 3.8) is 0 Å². The molecule has 5 heteroatoms. The Kier molecular flexibility index (Phi) is 4.02. The second-order valence-electron chi connectivity index (χ2n) is 5.75. The van der Waals surface area contributed by atoms with E-state index in [1.54, 1.807) is 12.1 Å². The minimum Gasteiger partial charge on any atom is -0.508 e. The molecule has 0 bridgehead atoms. The molecule has 1 fully saturated rings. The van der Waals surface area contributed by atoms with E-state index in [9.17, 15) is 14.7 Å². The number of benzene rings is 2. The fourth-order valence-electron chi connectivity index (χ4n) is 2.43. The molecule has 0 saturated heterocycles. The molecule has 5 nitrogen and oxygen atoms in total. The van der Waals surface area contributed by atoms with Crippen molar-refractivity contribution < 1.29 is 14.7 Å². The molecule has 118 valence electrons. The summed E-state index contributed by atoms with van der Waals surface area (Å²) in [5.74, 6) is -0.406. The van der Waals surface area contributed by atoms with Crippen molar-refractivity contribution >= 4 is 17.5 Å². The lowest BCUT2D eigenvalue weighted by Crippen LogP contribution is -2.39. The van der Waals surface area contributed by atoms with Crippen LogP contribution in [0.15, 0.2) is 54.6 Å². The first-order valence-electron chi connectivity index (χ1n) is 7.53. The lowest BCUT2D eigenvalue weighted by molar-refractivity contribution is -0.134. The van der Waals surface area contributed by atoms with Crippen molar-refractivity contribution in [3.05, 3.63) is 60.2 Å². The second-order valence-corrected chi connectivity index (χ2v) is 5.75. The molecule has 0 radical (unpaired) electrons. The van der Waals surface area contributed by atoms with E-state index in [4.69, 9.17) is 0 Å². The number of phenols is 1. The first-order valence-corrected chi connectivity index (χ1v) is 7.53. The molecule has 2 aromatic rings. The number of hydrogen-bond donors (Lipinski definition) is 3. The van der Waals surface area contributed by atoms with Gasteiger partial charge in [0.2, 0.25) is 11.8 Å². The van der Waals surface area contributed by atoms with E-state index in [1.807, 2.05) is 30.3 Å². The Morgan fingerprint density at radius 2 is 1.61 bits per heavy atom. The first kappa shape index (κ1) is 15.1. The fraction of sp³-hybridized carbons (Fsp3) is 0.222. The van der Waals surface area contributed by atoms with E-state index in [0.717, 1.165) is 5.56 Å². The van der Waals surface area contributed by atoms with Gasteiger partial charge < -0.3 is 15.7 Å². The van der Waals surface area contributed by atoms with Crippen LogP contribution in [-0.4, -0.2) is 16.9 Å². The molecule has 0 atom stereocenters. The molecule has 1 saturated carbocycles. The van der Waals surface area contributed by atoms with Gasteiger partial charge in [-0.25, -0.2) is 0 Å². The van der Waals surface area contributed by atoms with Crippen LogP contribution in [0, 0.1) is 5.41 Å². The van der Waals surface area contributed by atoms with Gasteiger partial charge in [0.25, 0.3) is 0 Å². The molecule has 1 aliphatic rings. The molecule has 0 aromatic heterocycles. The summed E-state index contributed by atoms with van der Waals surface area (Å²) in [6, 6.07) is 15.8. The Morgan fingerprint density at radius 3 is 2.22 bits per heavy atom. The quantitative estimate of drug-likeness (QED) is 0.586. The molecule has 0 unspecified atom stereocenters. The maximum Gasteiger partial charge on any atom is 0.240 e. The summed E-state index contributed by atoms with van der Waals surface area (Å²) >= 11 is 0. The monoisotopic (exact) mass is 310 g/mol. The van der Waals surface area contributed by atoms with E-state index >= 15 is 0 Å². The largest absolute Gasteiger partial charge is 0.508 e. The molecular formula is C18H18N2O3. The van der Waals surface area contributed by atoms with E-state index in [-0.39, 0.29) is 17.6 Å². The topological polar surface area (TPSA) is 78.4 Å². The van der Waals surface area contributed by atoms with Crippen LogP contribution >= 0.6 is 0 Å². The van der Waals surface area contributed by atoms with Crippen LogP contribution in [0.1, 0.15) is 18.4 Å². The van der Waals surface area contributed by atoms with Gasteiger partial charge in [0.1, 0.15) is 11.2 Å². The Labute approximate surface area is 134 Å². The summed E-state index contributed by atoms with van der Waals surface area (Å²) in [6.45, 7) is 0.411. The van der Waals surface area contributed by atoms with E-state index < -0.39 is 5.41 Å². The zero-order chi connectivity index (χ0) is 16.3. The molecule has 3 rings (SSSR count). The average Bonchev–Trinajstić information content (AvgIpc) is 3.38. The second kappa shape index (κ2) is 6.12. The molecule has 0 heterocycles. The van der Waals surface area contributed by atoms with Crippen molar-refractivity contribution in [2.24, 2.45) is 5.41 Å². The molecule has 23 heavy (non-hydrogen) atoms. The van der Waals surface area contributed by atoms with E-state index in [1.165, 1.54) is 12.1 Å². The number of anilines is 1. The van der Waals surface area contributed by atoms with E-state index in [0.29, 0.717) is 25.1 Å². The van der Waals surface area contributed by atoms with Crippen LogP contribution in [0.2, 0.25) is 0 Å². The van der Waals surface area contributed by atoms with Crippen LogP contribution in [0.5, 0.6) is 5.75 Å². The molecular weight excluding hydrogens is 292 g/mol. The molecule has 2 aromatic carbocycles. The van der Waals surface area contributed by atoms with Gasteiger partial charge in [-0.2, -0.15) is 0 Å². The van der Waals surface area contributed by atoms with Gasteiger partial charge in [-0.05, 0) is 42.7 Å². The molecule has 0 aliphatic heterocycles. The van der Waals surface area contributed by atoms with Crippen LogP contribution in [0.3, 0.4) is 0 Å². The third kappa shape index (κ3) is 3.34. The first-order chi connectivity index (χ1) is 11.1. The van der Waals surface area contributed by atoms with Crippen molar-refractivity contribution in [2.45, 2.75) is 19.4 Å². The Bertz CT molecular complexity index is 707. The van der Waals surface area contributed by atoms with Gasteiger partial charge in [0.05, 0.1) is 0 Å². The summed E-state index contributed by atoms with van der Waals surface area (Å²) in [7, 11) is 0. The highest BCUT2D eigenvalue weighted by Gasteiger charge is 2.56. The molecule has 1 aliphatic carbocycles. The van der Waals surface area contributed by atoms with Crippen molar-refractivity contribution in [1.82, 2.24) is 5.32 Å². The highest BCUT2D eigenvalue weighted by Crippen LogP contribution is 2.46. The smallest absolute Gasteiger partial charge is 0.240 e. The standard InChI is InChI=1S/C18H18N2O3/c21-15-8-6-14(7-9-15)20-17(23)18(10-11-18)16(22)19-12-13-4-2-1-3-5-13/h1-9,21H,10-12H2,(H,19,22)(H,20,23). The minimum atomic E-state index is -0.966. The van der Waals surface area contributed by atoms with Crippen molar-refractivity contribution in [3.8, 4) is 5.75 Å². The molecule has 3 N–H and O–H groups in total. The Hall–Kier alpha value is -2.82. The fourth-order valence-corrected chi connectivity index (χ4v) is 2.43. The van der Waals surface area contributed by atoms with Gasteiger partial charge in [-0.3, -0.25) is 9.59 Å². The minimum absolute atomic E-state index is 0.129. The highest BCUT2D eigenvalue weighted by molar-refractivity contribution is 6.13. The summed E-state index contributed by atoms with van der Waals surface area (Å²) in [4.78, 5) is 24.8. The number of carbonyl (C=O) groups is 2. The number of hydrogen-bond acceptors (Lipinski definition) is 3. The van der Waals surface area contributed by atoms with Gasteiger partial charge in [0, 0.05) is 12.2 Å². The Morgan fingerprint density at radius 1 is 0.957 bits per heavy atom. The zero-order valence-corrected chi connectivity index (χ0v) is 12.6. The highest BCUT2D eigenvalue weighted by atomic mass is 16.3. The van der Waals surface area contributed by atoms with Crippen LogP contribution in [0.4, 0.5) is 5.69 Å². The van der Waals surface area contributed by atoms with Crippen molar-refractivity contribution in [1.29, 1.82) is 0 Å². The van der Waals surface area contributed by atoms with Gasteiger partial charge in [-0.15, -0.1) is 0 Å². The Balaban J connectivity index is 1.60. The average molecular weight is 310 g/mol. The third-order valence-electron chi connectivity index (χ3n) is 4.04. The predicted octanol–water partition coefficient (Wildman–Crippen LogP) is 2.43. The van der Waals surface area contributed by atoms with Crippen molar-refractivity contribution in [2.75, 3.05) is 5.32 Å². The third-order valence-corrected chi connectivity index (χ3v) is 4.04. The van der Waals surface area contributed by atoms with Crippen LogP contribution in [0.25, 0.3) is 0 Å².